The molecule has 2 aromatic rings. The van der Waals surface area contributed by atoms with Crippen molar-refractivity contribution in [1.82, 2.24) is 9.80 Å². The molecule has 0 unspecified atom stereocenters. The van der Waals surface area contributed by atoms with Gasteiger partial charge in [-0.25, -0.2) is 0 Å². The number of morpholine rings is 1. The Morgan fingerprint density at radius 3 is 2.50 bits per heavy atom. The number of Topliss-reactive ketones (excluding diaryl/α,β-unsaturated/α-hetero) is 1. The molecule has 0 saturated carbocycles. The predicted molar refractivity (Wildman–Crippen MR) is 142 cm³/mol. The Balaban J connectivity index is 1.66. The number of aliphatic hydroxyl groups excluding tert-OH is 1. The molecule has 1 amide bonds. The second kappa shape index (κ2) is 12.0. The lowest BCUT2D eigenvalue weighted by Gasteiger charge is -2.29. The van der Waals surface area contributed by atoms with E-state index in [4.69, 9.17) is 9.47 Å². The van der Waals surface area contributed by atoms with Crippen LogP contribution in [0.3, 0.4) is 0 Å². The van der Waals surface area contributed by atoms with Gasteiger partial charge >= 0.3 is 0 Å². The van der Waals surface area contributed by atoms with E-state index in [2.05, 4.69) is 20.8 Å². The smallest absolute Gasteiger partial charge is 0.295 e. The van der Waals surface area contributed by atoms with Crippen molar-refractivity contribution in [1.29, 1.82) is 0 Å². The van der Waals surface area contributed by atoms with Crippen molar-refractivity contribution < 1.29 is 24.2 Å². The highest BCUT2D eigenvalue weighted by atomic mass is 79.9. The zero-order valence-corrected chi connectivity index (χ0v) is 22.4. The minimum Gasteiger partial charge on any atom is -0.507 e. The van der Waals surface area contributed by atoms with Crippen LogP contribution in [0.15, 0.2) is 52.5 Å². The molecule has 2 aliphatic heterocycles. The predicted octanol–water partition coefficient (Wildman–Crippen LogP) is 4.69. The standard InChI is InChI=1S/C28H33BrN2O5/c1-3-15-36-22-9-10-23(19(2)18-22)26(32)24-25(20-5-7-21(29)8-6-20)31(28(34)27(24)33)12-4-11-30-13-16-35-17-14-30/h5-10,18,25,32H,3-4,11-17H2,1-2H3/t25-/m1/s1. The van der Waals surface area contributed by atoms with Crippen LogP contribution in [0.25, 0.3) is 5.76 Å². The zero-order valence-electron chi connectivity index (χ0n) is 20.8. The highest BCUT2D eigenvalue weighted by molar-refractivity contribution is 9.10. The van der Waals surface area contributed by atoms with Crippen LogP contribution in [0.1, 0.15) is 42.5 Å². The van der Waals surface area contributed by atoms with E-state index in [1.54, 1.807) is 17.0 Å². The van der Waals surface area contributed by atoms with Crippen LogP contribution >= 0.6 is 15.9 Å². The number of benzene rings is 2. The fourth-order valence-electron chi connectivity index (χ4n) is 4.75. The minimum atomic E-state index is -0.655. The van der Waals surface area contributed by atoms with Gasteiger partial charge in [0.15, 0.2) is 0 Å². The number of hydrogen-bond acceptors (Lipinski definition) is 6. The average molecular weight is 557 g/mol. The molecular formula is C28H33BrN2O5. The number of ketones is 1. The van der Waals surface area contributed by atoms with Gasteiger partial charge in [0.05, 0.1) is 31.4 Å². The number of halogens is 1. The van der Waals surface area contributed by atoms with Crippen LogP contribution in [-0.4, -0.2) is 72.6 Å². The second-order valence-electron chi connectivity index (χ2n) is 9.18. The quantitative estimate of drug-likeness (QED) is 0.274. The fraction of sp³-hybridized carbons (Fsp3) is 0.429. The van der Waals surface area contributed by atoms with Gasteiger partial charge in [-0.2, -0.15) is 0 Å². The summed E-state index contributed by atoms with van der Waals surface area (Å²) in [5.74, 6) is -0.681. The summed E-state index contributed by atoms with van der Waals surface area (Å²) in [5, 5.41) is 11.4. The van der Waals surface area contributed by atoms with Gasteiger partial charge in [-0.05, 0) is 61.2 Å². The number of rotatable bonds is 9. The van der Waals surface area contributed by atoms with E-state index in [0.717, 1.165) is 48.1 Å². The lowest BCUT2D eigenvalue weighted by Crippen LogP contribution is -2.38. The number of amides is 1. The maximum absolute atomic E-state index is 13.3. The Morgan fingerprint density at radius 1 is 1.11 bits per heavy atom. The van der Waals surface area contributed by atoms with Crippen LogP contribution in [0.5, 0.6) is 5.75 Å². The number of hydrogen-bond donors (Lipinski definition) is 1. The molecule has 7 nitrogen and oxygen atoms in total. The van der Waals surface area contributed by atoms with Crippen molar-refractivity contribution in [2.75, 3.05) is 46.0 Å². The third kappa shape index (κ3) is 5.82. The molecule has 0 spiro atoms. The summed E-state index contributed by atoms with van der Waals surface area (Å²) < 4.78 is 12.0. The van der Waals surface area contributed by atoms with Gasteiger partial charge in [-0.15, -0.1) is 0 Å². The molecule has 0 aromatic heterocycles. The number of nitrogens with zero attached hydrogens (tertiary/aromatic N) is 2. The fourth-order valence-corrected chi connectivity index (χ4v) is 5.01. The lowest BCUT2D eigenvalue weighted by atomic mass is 9.94. The van der Waals surface area contributed by atoms with E-state index < -0.39 is 17.7 Å². The molecule has 2 fully saturated rings. The summed E-state index contributed by atoms with van der Waals surface area (Å²) in [5.41, 5.74) is 2.20. The average Bonchev–Trinajstić information content (AvgIpc) is 3.13. The van der Waals surface area contributed by atoms with Gasteiger partial charge in [-0.1, -0.05) is 35.0 Å². The summed E-state index contributed by atoms with van der Waals surface area (Å²) >= 11 is 3.46. The van der Waals surface area contributed by atoms with E-state index in [-0.39, 0.29) is 11.3 Å². The number of carbonyl (C=O) groups excluding carboxylic acids is 2. The van der Waals surface area contributed by atoms with Gasteiger partial charge in [0.2, 0.25) is 0 Å². The summed E-state index contributed by atoms with van der Waals surface area (Å²) in [6, 6.07) is 12.3. The number of likely N-dealkylation sites (tertiary alicyclic amines) is 1. The van der Waals surface area contributed by atoms with Crippen LogP contribution in [0.2, 0.25) is 0 Å². The largest absolute Gasteiger partial charge is 0.507 e. The summed E-state index contributed by atoms with van der Waals surface area (Å²) in [7, 11) is 0. The van der Waals surface area contributed by atoms with E-state index in [0.29, 0.717) is 37.7 Å². The van der Waals surface area contributed by atoms with Crippen molar-refractivity contribution in [3.8, 4) is 5.75 Å². The number of aryl methyl sites for hydroxylation is 1. The van der Waals surface area contributed by atoms with Crippen LogP contribution in [-0.2, 0) is 14.3 Å². The Morgan fingerprint density at radius 2 is 1.83 bits per heavy atom. The summed E-state index contributed by atoms with van der Waals surface area (Å²) in [6.07, 6.45) is 1.62. The van der Waals surface area contributed by atoms with Crippen molar-refractivity contribution in [2.45, 2.75) is 32.7 Å². The topological polar surface area (TPSA) is 79.3 Å². The number of aliphatic hydroxyl groups is 1. The third-order valence-electron chi connectivity index (χ3n) is 6.63. The first-order valence-corrected chi connectivity index (χ1v) is 13.3. The van der Waals surface area contributed by atoms with Crippen LogP contribution < -0.4 is 4.74 Å². The molecule has 2 heterocycles. The van der Waals surface area contributed by atoms with Crippen LogP contribution in [0, 0.1) is 6.92 Å². The van der Waals surface area contributed by atoms with E-state index in [1.807, 2.05) is 44.2 Å². The molecule has 4 rings (SSSR count). The zero-order chi connectivity index (χ0) is 25.7. The molecule has 0 aliphatic carbocycles. The van der Waals surface area contributed by atoms with Crippen molar-refractivity contribution in [3.63, 3.8) is 0 Å². The van der Waals surface area contributed by atoms with Gasteiger partial charge in [0, 0.05) is 36.2 Å². The summed E-state index contributed by atoms with van der Waals surface area (Å²) in [4.78, 5) is 30.4. The molecule has 2 aromatic carbocycles. The van der Waals surface area contributed by atoms with E-state index in [9.17, 15) is 14.7 Å². The monoisotopic (exact) mass is 556 g/mol. The molecule has 1 N–H and O–H groups in total. The number of carbonyl (C=O) groups is 2. The Bertz CT molecular complexity index is 1130. The SMILES string of the molecule is CCCOc1ccc(C(O)=C2C(=O)C(=O)N(CCCN3CCOCC3)[C@@H]2c2ccc(Br)cc2)c(C)c1. The Hall–Kier alpha value is -2.68. The number of ether oxygens (including phenoxy) is 2. The van der Waals surface area contributed by atoms with E-state index >= 15 is 0 Å². The van der Waals surface area contributed by atoms with Crippen molar-refractivity contribution >= 4 is 33.4 Å². The Labute approximate surface area is 220 Å². The Kier molecular flexibility index (Phi) is 8.82. The van der Waals surface area contributed by atoms with Crippen molar-refractivity contribution in [3.05, 3.63) is 69.2 Å². The molecule has 36 heavy (non-hydrogen) atoms. The minimum absolute atomic E-state index is 0.124. The third-order valence-corrected chi connectivity index (χ3v) is 7.16. The first-order chi connectivity index (χ1) is 17.4. The van der Waals surface area contributed by atoms with Crippen LogP contribution in [0.4, 0.5) is 0 Å². The molecular weight excluding hydrogens is 524 g/mol. The van der Waals surface area contributed by atoms with Crippen molar-refractivity contribution in [2.24, 2.45) is 0 Å². The molecule has 1 atom stereocenters. The molecule has 2 saturated heterocycles. The first-order valence-electron chi connectivity index (χ1n) is 12.5. The molecule has 0 bridgehead atoms. The molecule has 192 valence electrons. The lowest BCUT2D eigenvalue weighted by molar-refractivity contribution is -0.140. The van der Waals surface area contributed by atoms with Gasteiger partial charge in [0.1, 0.15) is 11.5 Å². The van der Waals surface area contributed by atoms with E-state index in [1.165, 1.54) is 0 Å². The highest BCUT2D eigenvalue weighted by Crippen LogP contribution is 2.40. The maximum atomic E-state index is 13.3. The maximum Gasteiger partial charge on any atom is 0.295 e. The molecule has 8 heteroatoms. The molecule has 2 aliphatic rings. The summed E-state index contributed by atoms with van der Waals surface area (Å²) in [6.45, 7) is 8.90. The first kappa shape index (κ1) is 26.4. The van der Waals surface area contributed by atoms with Gasteiger partial charge < -0.3 is 19.5 Å². The van der Waals surface area contributed by atoms with Gasteiger partial charge in [-0.3, -0.25) is 14.5 Å². The molecule has 0 radical (unpaired) electrons. The normalized spacial score (nSPS) is 20.2. The van der Waals surface area contributed by atoms with Gasteiger partial charge in [0.25, 0.3) is 11.7 Å². The second-order valence-corrected chi connectivity index (χ2v) is 10.1. The highest BCUT2D eigenvalue weighted by Gasteiger charge is 2.46.